The van der Waals surface area contributed by atoms with Gasteiger partial charge in [-0.2, -0.15) is 0 Å². The average molecular weight is 258 g/mol. The molecule has 5 nitrogen and oxygen atoms in total. The number of halogens is 1. The summed E-state index contributed by atoms with van der Waals surface area (Å²) in [6, 6.07) is 2.84. The molecule has 0 radical (unpaired) electrons. The van der Waals surface area contributed by atoms with Gasteiger partial charge in [0, 0.05) is 32.6 Å². The van der Waals surface area contributed by atoms with Crippen LogP contribution in [0.3, 0.4) is 0 Å². The number of nitrogens with one attached hydrogen (secondary N) is 1. The van der Waals surface area contributed by atoms with Gasteiger partial charge in [0.25, 0.3) is 0 Å². The zero-order valence-corrected chi connectivity index (χ0v) is 10.2. The topological polar surface area (TPSA) is 71.5 Å². The Hall–Kier alpha value is -1.04. The largest absolute Gasteiger partial charge is 0.450 e. The monoisotopic (exact) mass is 257 g/mol. The highest BCUT2D eigenvalue weighted by molar-refractivity contribution is 6.28. The predicted octanol–water partition coefficient (Wildman–Crippen LogP) is 0.235. The molecule has 1 amide bonds. The number of carbonyl (C=O) groups excluding carboxylic acids is 1. The molecular weight excluding hydrogens is 242 g/mol. The lowest BCUT2D eigenvalue weighted by molar-refractivity contribution is -0.133. The number of furan rings is 1. The quantitative estimate of drug-likeness (QED) is 0.814. The van der Waals surface area contributed by atoms with Gasteiger partial charge in [-0.05, 0) is 23.7 Å². The zero-order chi connectivity index (χ0) is 12.3. The fraction of sp³-hybridized carbons (Fsp3) is 0.545. The molecule has 1 atom stereocenters. The Morgan fingerprint density at radius 2 is 2.24 bits per heavy atom. The van der Waals surface area contributed by atoms with Gasteiger partial charge < -0.3 is 20.4 Å². The molecular formula is C11H16ClN3O2. The lowest BCUT2D eigenvalue weighted by Crippen LogP contribution is -2.52. The lowest BCUT2D eigenvalue weighted by Gasteiger charge is -2.29. The van der Waals surface area contributed by atoms with E-state index >= 15 is 0 Å². The molecule has 1 unspecified atom stereocenters. The van der Waals surface area contributed by atoms with E-state index in [0.29, 0.717) is 30.5 Å². The average Bonchev–Trinajstić information content (AvgIpc) is 2.75. The minimum atomic E-state index is -0.560. The number of nitrogens with two attached hydrogens (primary N) is 1. The Labute approximate surface area is 105 Å². The summed E-state index contributed by atoms with van der Waals surface area (Å²) in [6.07, 6.45) is 0.384. The van der Waals surface area contributed by atoms with E-state index in [1.165, 1.54) is 0 Å². The molecule has 0 aliphatic carbocycles. The Kier molecular flexibility index (Phi) is 4.04. The summed E-state index contributed by atoms with van der Waals surface area (Å²) in [5, 5.41) is 3.51. The van der Waals surface area contributed by atoms with Crippen LogP contribution >= 0.6 is 11.6 Å². The highest BCUT2D eigenvalue weighted by Crippen LogP contribution is 2.14. The number of carbonyl (C=O) groups is 1. The summed E-state index contributed by atoms with van der Waals surface area (Å²) in [4.78, 5) is 13.8. The first-order valence-corrected chi connectivity index (χ1v) is 6.04. The number of hydrogen-bond acceptors (Lipinski definition) is 4. The van der Waals surface area contributed by atoms with Crippen molar-refractivity contribution in [3.63, 3.8) is 0 Å². The molecule has 1 saturated heterocycles. The minimum absolute atomic E-state index is 0.0287. The van der Waals surface area contributed by atoms with Gasteiger partial charge in [0.15, 0.2) is 5.22 Å². The molecule has 2 heterocycles. The van der Waals surface area contributed by atoms with Gasteiger partial charge in [-0.1, -0.05) is 0 Å². The molecule has 6 heteroatoms. The molecule has 0 bridgehead atoms. The summed E-state index contributed by atoms with van der Waals surface area (Å²) in [7, 11) is 0. The Bertz CT molecular complexity index is 388. The number of hydrogen-bond donors (Lipinski definition) is 2. The van der Waals surface area contributed by atoms with Gasteiger partial charge in [0.1, 0.15) is 5.76 Å². The van der Waals surface area contributed by atoms with Crippen LogP contribution in [0.5, 0.6) is 0 Å². The Morgan fingerprint density at radius 3 is 2.82 bits per heavy atom. The van der Waals surface area contributed by atoms with Crippen molar-refractivity contribution in [3.05, 3.63) is 23.1 Å². The maximum absolute atomic E-state index is 12.0. The van der Waals surface area contributed by atoms with Crippen molar-refractivity contribution in [3.8, 4) is 0 Å². The summed E-state index contributed by atoms with van der Waals surface area (Å²) in [6.45, 7) is 3.08. The van der Waals surface area contributed by atoms with E-state index in [9.17, 15) is 4.79 Å². The molecule has 17 heavy (non-hydrogen) atoms. The molecule has 0 saturated carbocycles. The second-order valence-corrected chi connectivity index (χ2v) is 4.46. The summed E-state index contributed by atoms with van der Waals surface area (Å²) >= 11 is 5.66. The number of amides is 1. The molecule has 3 N–H and O–H groups in total. The van der Waals surface area contributed by atoms with E-state index < -0.39 is 6.04 Å². The third-order valence-electron chi connectivity index (χ3n) is 2.80. The molecule has 0 aromatic carbocycles. The molecule has 1 fully saturated rings. The molecule has 94 valence electrons. The van der Waals surface area contributed by atoms with E-state index in [4.69, 9.17) is 21.8 Å². The first kappa shape index (κ1) is 12.4. The van der Waals surface area contributed by atoms with Crippen LogP contribution in [0.15, 0.2) is 16.5 Å². The molecule has 1 aliphatic rings. The molecule has 2 rings (SSSR count). The van der Waals surface area contributed by atoms with Crippen LogP contribution in [-0.4, -0.2) is 43.0 Å². The Morgan fingerprint density at radius 1 is 1.53 bits per heavy atom. The SMILES string of the molecule is NC(Cc1ccc(Cl)o1)C(=O)N1CCNCC1. The molecule has 1 aromatic rings. The van der Waals surface area contributed by atoms with Gasteiger partial charge in [-0.25, -0.2) is 0 Å². The highest BCUT2D eigenvalue weighted by Gasteiger charge is 2.23. The third-order valence-corrected chi connectivity index (χ3v) is 3.00. The van der Waals surface area contributed by atoms with Crippen molar-refractivity contribution in [1.82, 2.24) is 10.2 Å². The van der Waals surface area contributed by atoms with Crippen molar-refractivity contribution < 1.29 is 9.21 Å². The van der Waals surface area contributed by atoms with Gasteiger partial charge in [0.05, 0.1) is 6.04 Å². The second kappa shape index (κ2) is 5.53. The van der Waals surface area contributed by atoms with Gasteiger partial charge >= 0.3 is 0 Å². The van der Waals surface area contributed by atoms with E-state index in [1.807, 2.05) is 0 Å². The van der Waals surface area contributed by atoms with E-state index in [2.05, 4.69) is 5.32 Å². The van der Waals surface area contributed by atoms with Crippen LogP contribution in [-0.2, 0) is 11.2 Å². The normalized spacial score (nSPS) is 18.1. The maximum atomic E-state index is 12.0. The molecule has 1 aromatic heterocycles. The minimum Gasteiger partial charge on any atom is -0.450 e. The summed E-state index contributed by atoms with van der Waals surface area (Å²) in [5.74, 6) is 0.616. The summed E-state index contributed by atoms with van der Waals surface area (Å²) in [5.41, 5.74) is 5.87. The van der Waals surface area contributed by atoms with Crippen LogP contribution in [0, 0.1) is 0 Å². The fourth-order valence-corrected chi connectivity index (χ4v) is 2.05. The third kappa shape index (κ3) is 3.21. The number of rotatable bonds is 3. The van der Waals surface area contributed by atoms with Crippen molar-refractivity contribution in [2.24, 2.45) is 5.73 Å². The van der Waals surface area contributed by atoms with Crippen molar-refractivity contribution in [2.75, 3.05) is 26.2 Å². The van der Waals surface area contributed by atoms with Crippen LogP contribution in [0.1, 0.15) is 5.76 Å². The standard InChI is InChI=1S/C11H16ClN3O2/c12-10-2-1-8(17-10)7-9(13)11(16)15-5-3-14-4-6-15/h1-2,9,14H,3-7,13H2. The first-order chi connectivity index (χ1) is 8.16. The predicted molar refractivity (Wildman–Crippen MR) is 64.8 cm³/mol. The Balaban J connectivity index is 1.90. The van der Waals surface area contributed by atoms with Crippen LogP contribution in [0.4, 0.5) is 0 Å². The van der Waals surface area contributed by atoms with Gasteiger partial charge in [-0.3, -0.25) is 4.79 Å². The van der Waals surface area contributed by atoms with Crippen molar-refractivity contribution in [1.29, 1.82) is 0 Å². The smallest absolute Gasteiger partial charge is 0.240 e. The zero-order valence-electron chi connectivity index (χ0n) is 9.49. The van der Waals surface area contributed by atoms with Crippen LogP contribution in [0.2, 0.25) is 5.22 Å². The molecule has 1 aliphatic heterocycles. The first-order valence-electron chi connectivity index (χ1n) is 5.66. The van der Waals surface area contributed by atoms with Gasteiger partial charge in [-0.15, -0.1) is 0 Å². The number of nitrogens with zero attached hydrogens (tertiary/aromatic N) is 1. The maximum Gasteiger partial charge on any atom is 0.240 e. The second-order valence-electron chi connectivity index (χ2n) is 4.09. The van der Waals surface area contributed by atoms with Crippen molar-refractivity contribution >= 4 is 17.5 Å². The summed E-state index contributed by atoms with van der Waals surface area (Å²) < 4.78 is 5.19. The van der Waals surface area contributed by atoms with Crippen LogP contribution in [0.25, 0.3) is 0 Å². The van der Waals surface area contributed by atoms with Gasteiger partial charge in [0.2, 0.25) is 5.91 Å². The van der Waals surface area contributed by atoms with Crippen molar-refractivity contribution in [2.45, 2.75) is 12.5 Å². The van der Waals surface area contributed by atoms with E-state index in [1.54, 1.807) is 17.0 Å². The fourth-order valence-electron chi connectivity index (χ4n) is 1.89. The van der Waals surface area contributed by atoms with E-state index in [0.717, 1.165) is 13.1 Å². The highest BCUT2D eigenvalue weighted by atomic mass is 35.5. The number of piperazine rings is 1. The van der Waals surface area contributed by atoms with E-state index in [-0.39, 0.29) is 5.91 Å². The lowest BCUT2D eigenvalue weighted by atomic mass is 10.1. The van der Waals surface area contributed by atoms with Crippen LogP contribution < -0.4 is 11.1 Å². The molecule has 0 spiro atoms.